The van der Waals surface area contributed by atoms with Crippen LogP contribution < -0.4 is 5.32 Å². The van der Waals surface area contributed by atoms with Crippen LogP contribution in [0.4, 0.5) is 0 Å². The molecule has 2 N–H and O–H groups in total. The molecule has 1 fully saturated rings. The van der Waals surface area contributed by atoms with E-state index in [1.807, 2.05) is 20.8 Å². The van der Waals surface area contributed by atoms with Crippen molar-refractivity contribution in [2.75, 3.05) is 0 Å². The van der Waals surface area contributed by atoms with Crippen molar-refractivity contribution >= 4 is 14.8 Å². The number of rotatable bonds is 7. The monoisotopic (exact) mass is 275 g/mol. The average Bonchev–Trinajstić information content (AvgIpc) is 2.83. The maximum Gasteiger partial charge on any atom is 0.170 e. The molecule has 4 unspecified atom stereocenters. The predicted molar refractivity (Wildman–Crippen MR) is 74.7 cm³/mol. The summed E-state index contributed by atoms with van der Waals surface area (Å²) in [5, 5.41) is 3.38. The summed E-state index contributed by atoms with van der Waals surface area (Å²) in [5.41, 5.74) is -1.29. The Kier molecular flexibility index (Phi) is 4.60. The molecule has 0 bridgehead atoms. The second-order valence-electron chi connectivity index (χ2n) is 6.45. The topological polar surface area (TPSA) is 68.5 Å². The maximum absolute atomic E-state index is 12.7. The van der Waals surface area contributed by atoms with E-state index in [0.717, 1.165) is 6.42 Å². The van der Waals surface area contributed by atoms with Gasteiger partial charge in [-0.2, -0.15) is 0 Å². The van der Waals surface area contributed by atoms with E-state index in [-0.39, 0.29) is 11.3 Å². The second-order valence-corrected chi connectivity index (χ2v) is 6.84. The van der Waals surface area contributed by atoms with Gasteiger partial charge < -0.3 is 14.7 Å². The van der Waals surface area contributed by atoms with E-state index in [4.69, 9.17) is 9.42 Å². The molecule has 5 heteroatoms. The first-order valence-corrected chi connectivity index (χ1v) is 7.36. The summed E-state index contributed by atoms with van der Waals surface area (Å²) in [4.78, 5) is 21.6. The van der Waals surface area contributed by atoms with Gasteiger partial charge in [-0.15, -0.1) is 0 Å². The fourth-order valence-electron chi connectivity index (χ4n) is 2.75. The minimum absolute atomic E-state index is 0.0509. The summed E-state index contributed by atoms with van der Waals surface area (Å²) >= 11 is 0. The Labute approximate surface area is 112 Å². The zero-order chi connectivity index (χ0) is 14.2. The van der Waals surface area contributed by atoms with Gasteiger partial charge in [0.1, 0.15) is 5.60 Å². The molecule has 4 atom stereocenters. The Bertz CT molecular complexity index is 334. The smallest absolute Gasteiger partial charge is 0.170 e. The van der Waals surface area contributed by atoms with Gasteiger partial charge in [-0.3, -0.25) is 4.79 Å². The molecule has 0 aromatic rings. The number of hydrogen-bond donors (Lipinski definition) is 2. The van der Waals surface area contributed by atoms with Crippen molar-refractivity contribution in [3.63, 3.8) is 0 Å². The van der Waals surface area contributed by atoms with Crippen molar-refractivity contribution in [2.24, 2.45) is 5.41 Å². The lowest BCUT2D eigenvalue weighted by Crippen LogP contribution is -2.46. The minimum atomic E-state index is -0.884. The van der Waals surface area contributed by atoms with Gasteiger partial charge in [-0.05, 0) is 33.6 Å². The van der Waals surface area contributed by atoms with Crippen LogP contribution in [-0.4, -0.2) is 27.9 Å². The third kappa shape index (κ3) is 3.11. The summed E-state index contributed by atoms with van der Waals surface area (Å²) in [6.07, 6.45) is 1.36. The predicted octanol–water partition coefficient (Wildman–Crippen LogP) is 2.41. The Morgan fingerprint density at radius 3 is 2.33 bits per heavy atom. The van der Waals surface area contributed by atoms with Crippen LogP contribution in [0.2, 0.25) is 0 Å². The average molecular weight is 275 g/mol. The van der Waals surface area contributed by atoms with E-state index in [1.54, 1.807) is 6.92 Å². The zero-order valence-corrected chi connectivity index (χ0v) is 13.3. The highest BCUT2D eigenvalue weighted by molar-refractivity contribution is 7.25. The number of hydrogen-bond acceptors (Lipinski definition) is 4. The van der Waals surface area contributed by atoms with E-state index in [2.05, 4.69) is 19.2 Å². The van der Waals surface area contributed by atoms with Crippen LogP contribution in [-0.2, 0) is 9.32 Å². The van der Waals surface area contributed by atoms with Crippen molar-refractivity contribution < 1.29 is 14.2 Å². The van der Waals surface area contributed by atoms with Crippen LogP contribution in [0.25, 0.3) is 0 Å². The molecule has 0 aromatic carbocycles. The second kappa shape index (κ2) is 5.16. The SMILES string of the molecule is CCC(C)(OPO)C(=O)C(C)(C)CC1(C)NC1C. The first-order valence-electron chi connectivity index (χ1n) is 6.51. The van der Waals surface area contributed by atoms with Gasteiger partial charge in [0, 0.05) is 17.0 Å². The van der Waals surface area contributed by atoms with E-state index in [1.165, 1.54) is 0 Å². The fraction of sp³-hybridized carbons (Fsp3) is 0.923. The largest absolute Gasteiger partial charge is 0.352 e. The molecule has 106 valence electrons. The highest BCUT2D eigenvalue weighted by atomic mass is 31.1. The van der Waals surface area contributed by atoms with Crippen molar-refractivity contribution in [1.29, 1.82) is 0 Å². The summed E-state index contributed by atoms with van der Waals surface area (Å²) in [6.45, 7) is 11.9. The molecule has 1 saturated heterocycles. The number of nitrogens with one attached hydrogen (secondary N) is 1. The summed E-state index contributed by atoms with van der Waals surface area (Å²) in [5.74, 6) is 0.0705. The molecule has 0 aromatic heterocycles. The van der Waals surface area contributed by atoms with Crippen LogP contribution in [0.15, 0.2) is 0 Å². The molecule has 1 aliphatic heterocycles. The van der Waals surface area contributed by atoms with Gasteiger partial charge in [0.25, 0.3) is 0 Å². The summed E-state index contributed by atoms with van der Waals surface area (Å²) in [6, 6.07) is 0.457. The summed E-state index contributed by atoms with van der Waals surface area (Å²) in [7, 11) is -0.650. The normalized spacial score (nSPS) is 31.6. The fourth-order valence-corrected chi connectivity index (χ4v) is 3.19. The lowest BCUT2D eigenvalue weighted by molar-refractivity contribution is -0.142. The van der Waals surface area contributed by atoms with Crippen LogP contribution in [0.1, 0.15) is 54.4 Å². The standard InChI is InChI=1S/C13H26NO3P/c1-7-13(6,17-18-16)10(15)11(3,4)8-12(5)9(2)14-12/h9,14,16,18H,7-8H2,1-6H3. The van der Waals surface area contributed by atoms with Gasteiger partial charge in [0.15, 0.2) is 14.8 Å². The van der Waals surface area contributed by atoms with Crippen molar-refractivity contribution in [3.8, 4) is 0 Å². The van der Waals surface area contributed by atoms with Crippen molar-refractivity contribution in [2.45, 2.75) is 71.6 Å². The third-order valence-corrected chi connectivity index (χ3v) is 4.81. The van der Waals surface area contributed by atoms with E-state index in [0.29, 0.717) is 12.5 Å². The van der Waals surface area contributed by atoms with Gasteiger partial charge in [-0.1, -0.05) is 20.8 Å². The molecule has 0 amide bonds. The highest BCUT2D eigenvalue weighted by Gasteiger charge is 2.53. The van der Waals surface area contributed by atoms with Gasteiger partial charge >= 0.3 is 0 Å². The number of ketones is 1. The number of carbonyl (C=O) groups is 1. The molecule has 1 rings (SSSR count). The van der Waals surface area contributed by atoms with Crippen LogP contribution in [0, 0.1) is 5.41 Å². The molecule has 0 aliphatic carbocycles. The molecule has 0 saturated carbocycles. The number of Topliss-reactive ketones (excluding diaryl/α,β-unsaturated/α-hetero) is 1. The van der Waals surface area contributed by atoms with Crippen LogP contribution >= 0.6 is 9.03 Å². The van der Waals surface area contributed by atoms with Gasteiger partial charge in [0.05, 0.1) is 0 Å². The maximum atomic E-state index is 12.7. The first-order chi connectivity index (χ1) is 8.11. The number of carbonyl (C=O) groups excluding carboxylic acids is 1. The first kappa shape index (κ1) is 16.0. The third-order valence-electron chi connectivity index (χ3n) is 4.27. The Morgan fingerprint density at radius 1 is 1.50 bits per heavy atom. The van der Waals surface area contributed by atoms with Crippen molar-refractivity contribution in [3.05, 3.63) is 0 Å². The molecule has 18 heavy (non-hydrogen) atoms. The Morgan fingerprint density at radius 2 is 2.00 bits per heavy atom. The quantitative estimate of drug-likeness (QED) is 0.553. The zero-order valence-electron chi connectivity index (χ0n) is 12.3. The van der Waals surface area contributed by atoms with Gasteiger partial charge in [0.2, 0.25) is 0 Å². The van der Waals surface area contributed by atoms with E-state index < -0.39 is 20.1 Å². The Balaban J connectivity index is 2.80. The van der Waals surface area contributed by atoms with Crippen LogP contribution in [0.3, 0.4) is 0 Å². The molecule has 0 spiro atoms. The molecular formula is C13H26NO3P. The molecular weight excluding hydrogens is 249 g/mol. The highest BCUT2D eigenvalue weighted by Crippen LogP contribution is 2.42. The van der Waals surface area contributed by atoms with Crippen molar-refractivity contribution in [1.82, 2.24) is 5.32 Å². The molecule has 0 radical (unpaired) electrons. The Hall–Kier alpha value is -0.0200. The lowest BCUT2D eigenvalue weighted by Gasteiger charge is -2.35. The van der Waals surface area contributed by atoms with E-state index >= 15 is 0 Å². The molecule has 1 heterocycles. The molecule has 4 nitrogen and oxygen atoms in total. The lowest BCUT2D eigenvalue weighted by atomic mass is 9.72. The summed E-state index contributed by atoms with van der Waals surface area (Å²) < 4.78 is 5.30. The minimum Gasteiger partial charge on any atom is -0.352 e. The van der Waals surface area contributed by atoms with Gasteiger partial charge in [-0.25, -0.2) is 0 Å². The molecule has 1 aliphatic rings. The van der Waals surface area contributed by atoms with Crippen LogP contribution in [0.5, 0.6) is 0 Å². The van der Waals surface area contributed by atoms with E-state index in [9.17, 15) is 4.79 Å².